The number of imidazole rings is 1. The van der Waals surface area contributed by atoms with Crippen molar-refractivity contribution < 1.29 is 0 Å². The highest BCUT2D eigenvalue weighted by atomic mass is 35.5. The smallest absolute Gasteiger partial charge is 0.160 e. The SMILES string of the molecule is Cc1cnc2c(c1)nc(CCCl)n2C(C)c1ccc(C)s1. The van der Waals surface area contributed by atoms with Crippen LogP contribution in [0.15, 0.2) is 24.4 Å². The third-order valence-electron chi connectivity index (χ3n) is 3.62. The molecule has 1 atom stereocenters. The standard InChI is InChI=1S/C16H18ClN3S/c1-10-8-13-16(18-9-10)20(15(19-13)6-7-17)12(3)14-5-4-11(2)21-14/h4-5,8-9,12H,6-7H2,1-3H3. The Labute approximate surface area is 133 Å². The van der Waals surface area contributed by atoms with Crippen LogP contribution in [0.1, 0.15) is 34.1 Å². The van der Waals surface area contributed by atoms with Crippen molar-refractivity contribution in [3.05, 3.63) is 45.5 Å². The van der Waals surface area contributed by atoms with Crippen molar-refractivity contribution in [1.82, 2.24) is 14.5 Å². The molecule has 3 aromatic rings. The fourth-order valence-corrected chi connectivity index (χ4v) is 3.69. The summed E-state index contributed by atoms with van der Waals surface area (Å²) in [6.07, 6.45) is 2.66. The van der Waals surface area contributed by atoms with E-state index in [0.717, 1.165) is 29.0 Å². The van der Waals surface area contributed by atoms with Crippen molar-refractivity contribution in [3.8, 4) is 0 Å². The topological polar surface area (TPSA) is 30.7 Å². The summed E-state index contributed by atoms with van der Waals surface area (Å²) in [4.78, 5) is 12.0. The van der Waals surface area contributed by atoms with Gasteiger partial charge in [0, 0.05) is 28.3 Å². The average molecular weight is 320 g/mol. The number of rotatable bonds is 4. The number of hydrogen-bond donors (Lipinski definition) is 0. The number of aryl methyl sites for hydroxylation is 3. The van der Waals surface area contributed by atoms with E-state index in [2.05, 4.69) is 41.6 Å². The number of fused-ring (bicyclic) bond motifs is 1. The summed E-state index contributed by atoms with van der Waals surface area (Å²) in [5, 5.41) is 0. The highest BCUT2D eigenvalue weighted by Gasteiger charge is 2.19. The Kier molecular flexibility index (Phi) is 4.00. The second-order valence-electron chi connectivity index (χ2n) is 5.32. The zero-order valence-electron chi connectivity index (χ0n) is 12.4. The maximum absolute atomic E-state index is 5.95. The lowest BCUT2D eigenvalue weighted by Crippen LogP contribution is -2.10. The van der Waals surface area contributed by atoms with Gasteiger partial charge in [-0.2, -0.15) is 0 Å². The van der Waals surface area contributed by atoms with Crippen LogP contribution in [0.3, 0.4) is 0 Å². The number of pyridine rings is 1. The zero-order chi connectivity index (χ0) is 15.0. The van der Waals surface area contributed by atoms with Crippen LogP contribution in [-0.2, 0) is 6.42 Å². The van der Waals surface area contributed by atoms with Gasteiger partial charge in [-0.15, -0.1) is 22.9 Å². The largest absolute Gasteiger partial charge is 0.304 e. The normalized spacial score (nSPS) is 13.0. The Balaban J connectivity index is 2.16. The molecule has 0 radical (unpaired) electrons. The summed E-state index contributed by atoms with van der Waals surface area (Å²) >= 11 is 7.77. The van der Waals surface area contributed by atoms with Crippen LogP contribution in [0.2, 0.25) is 0 Å². The number of halogens is 1. The van der Waals surface area contributed by atoms with Gasteiger partial charge in [0.25, 0.3) is 0 Å². The molecule has 0 aliphatic carbocycles. The van der Waals surface area contributed by atoms with Crippen LogP contribution in [-0.4, -0.2) is 20.4 Å². The molecule has 0 fully saturated rings. The van der Waals surface area contributed by atoms with Crippen LogP contribution in [0.5, 0.6) is 0 Å². The minimum Gasteiger partial charge on any atom is -0.304 e. The Bertz CT molecular complexity index is 775. The molecule has 0 saturated heterocycles. The van der Waals surface area contributed by atoms with Crippen molar-refractivity contribution in [2.24, 2.45) is 0 Å². The van der Waals surface area contributed by atoms with Gasteiger partial charge in [-0.25, -0.2) is 9.97 Å². The molecule has 3 heterocycles. The molecule has 0 aliphatic rings. The second kappa shape index (κ2) is 5.78. The molecule has 3 rings (SSSR count). The first-order valence-corrected chi connectivity index (χ1v) is 8.41. The third kappa shape index (κ3) is 2.70. The minimum absolute atomic E-state index is 0.224. The zero-order valence-corrected chi connectivity index (χ0v) is 14.0. The van der Waals surface area contributed by atoms with Crippen LogP contribution in [0.4, 0.5) is 0 Å². The fraction of sp³-hybridized carbons (Fsp3) is 0.375. The first kappa shape index (κ1) is 14.5. The summed E-state index contributed by atoms with van der Waals surface area (Å²) in [5.41, 5.74) is 3.03. The number of aromatic nitrogens is 3. The average Bonchev–Trinajstić information content (AvgIpc) is 3.01. The summed E-state index contributed by atoms with van der Waals surface area (Å²) in [5.74, 6) is 1.58. The maximum atomic E-state index is 5.95. The van der Waals surface area contributed by atoms with Crippen LogP contribution >= 0.6 is 22.9 Å². The number of alkyl halides is 1. The van der Waals surface area contributed by atoms with E-state index in [9.17, 15) is 0 Å². The molecule has 0 N–H and O–H groups in total. The van der Waals surface area contributed by atoms with Crippen LogP contribution < -0.4 is 0 Å². The van der Waals surface area contributed by atoms with Crippen molar-refractivity contribution >= 4 is 34.1 Å². The van der Waals surface area contributed by atoms with Crippen molar-refractivity contribution in [2.75, 3.05) is 5.88 Å². The molecule has 110 valence electrons. The molecular formula is C16H18ClN3S. The molecule has 0 bridgehead atoms. The molecule has 0 aromatic carbocycles. The molecule has 1 unspecified atom stereocenters. The Morgan fingerprint density at radius 2 is 2.14 bits per heavy atom. The van der Waals surface area contributed by atoms with Crippen molar-refractivity contribution in [1.29, 1.82) is 0 Å². The minimum atomic E-state index is 0.224. The van der Waals surface area contributed by atoms with Crippen LogP contribution in [0, 0.1) is 13.8 Å². The number of thiophene rings is 1. The van der Waals surface area contributed by atoms with Gasteiger partial charge in [0.1, 0.15) is 11.3 Å². The van der Waals surface area contributed by atoms with Gasteiger partial charge in [0.2, 0.25) is 0 Å². The van der Waals surface area contributed by atoms with E-state index < -0.39 is 0 Å². The summed E-state index contributed by atoms with van der Waals surface area (Å²) < 4.78 is 2.22. The molecule has 0 aliphatic heterocycles. The molecule has 3 nitrogen and oxygen atoms in total. The molecule has 0 amide bonds. The molecule has 3 aromatic heterocycles. The molecule has 21 heavy (non-hydrogen) atoms. The Morgan fingerprint density at radius 3 is 2.81 bits per heavy atom. The highest BCUT2D eigenvalue weighted by Crippen LogP contribution is 2.30. The van der Waals surface area contributed by atoms with Gasteiger partial charge in [-0.05, 0) is 44.5 Å². The van der Waals surface area contributed by atoms with Gasteiger partial charge >= 0.3 is 0 Å². The van der Waals surface area contributed by atoms with E-state index in [4.69, 9.17) is 16.6 Å². The summed E-state index contributed by atoms with van der Waals surface area (Å²) in [6, 6.07) is 6.66. The fourth-order valence-electron chi connectivity index (χ4n) is 2.60. The maximum Gasteiger partial charge on any atom is 0.160 e. The molecule has 0 saturated carbocycles. The van der Waals surface area contributed by atoms with E-state index in [-0.39, 0.29) is 6.04 Å². The third-order valence-corrected chi connectivity index (χ3v) is 4.98. The van der Waals surface area contributed by atoms with Crippen molar-refractivity contribution in [3.63, 3.8) is 0 Å². The number of nitrogens with zero attached hydrogens (tertiary/aromatic N) is 3. The first-order chi connectivity index (χ1) is 10.1. The van der Waals surface area contributed by atoms with E-state index in [0.29, 0.717) is 5.88 Å². The predicted octanol–water partition coefficient (Wildman–Crippen LogP) is 4.50. The Morgan fingerprint density at radius 1 is 1.33 bits per heavy atom. The number of hydrogen-bond acceptors (Lipinski definition) is 3. The highest BCUT2D eigenvalue weighted by molar-refractivity contribution is 7.12. The van der Waals surface area contributed by atoms with E-state index in [1.54, 1.807) is 0 Å². The Hall–Kier alpha value is -1.39. The quantitative estimate of drug-likeness (QED) is 0.663. The second-order valence-corrected chi connectivity index (χ2v) is 7.01. The van der Waals surface area contributed by atoms with E-state index in [1.807, 2.05) is 24.5 Å². The van der Waals surface area contributed by atoms with Crippen LogP contribution in [0.25, 0.3) is 11.2 Å². The van der Waals surface area contributed by atoms with Gasteiger partial charge < -0.3 is 4.57 Å². The summed E-state index contributed by atoms with van der Waals surface area (Å²) in [7, 11) is 0. The molecule has 5 heteroatoms. The van der Waals surface area contributed by atoms with Gasteiger partial charge in [0.15, 0.2) is 5.65 Å². The van der Waals surface area contributed by atoms with E-state index in [1.165, 1.54) is 9.75 Å². The molecule has 0 spiro atoms. The van der Waals surface area contributed by atoms with Gasteiger partial charge in [-0.1, -0.05) is 0 Å². The van der Waals surface area contributed by atoms with Gasteiger partial charge in [0.05, 0.1) is 6.04 Å². The lowest BCUT2D eigenvalue weighted by atomic mass is 10.2. The monoisotopic (exact) mass is 319 g/mol. The first-order valence-electron chi connectivity index (χ1n) is 7.06. The molecular weight excluding hydrogens is 302 g/mol. The van der Waals surface area contributed by atoms with Crippen molar-refractivity contribution in [2.45, 2.75) is 33.2 Å². The predicted molar refractivity (Wildman–Crippen MR) is 89.6 cm³/mol. The van der Waals surface area contributed by atoms with E-state index >= 15 is 0 Å². The van der Waals surface area contributed by atoms with Gasteiger partial charge in [-0.3, -0.25) is 0 Å². The lowest BCUT2D eigenvalue weighted by Gasteiger charge is -2.15. The summed E-state index contributed by atoms with van der Waals surface area (Å²) in [6.45, 7) is 6.37. The lowest BCUT2D eigenvalue weighted by molar-refractivity contribution is 0.628.